The SMILES string of the molecule is NC(=O)c1cc(-c2cccnc2[C@@H](CC(=O)Cn2c(=O)n(C3=CCCCC3)c3ccccc32)Cc2cc(F)cc(F)c2)ccc1F. The Labute approximate surface area is 262 Å². The minimum absolute atomic E-state index is 0.0395. The molecule has 0 fully saturated rings. The van der Waals surface area contributed by atoms with Crippen molar-refractivity contribution in [2.24, 2.45) is 5.73 Å². The molecule has 2 aromatic heterocycles. The summed E-state index contributed by atoms with van der Waals surface area (Å²) < 4.78 is 45.9. The van der Waals surface area contributed by atoms with Gasteiger partial charge in [0.2, 0.25) is 0 Å². The van der Waals surface area contributed by atoms with E-state index in [9.17, 15) is 27.6 Å². The number of imidazole rings is 1. The number of nitrogens with two attached hydrogens (primary N) is 1. The number of allylic oxidation sites excluding steroid dienone is 2. The number of carbonyl (C=O) groups excluding carboxylic acids is 2. The lowest BCUT2D eigenvalue weighted by Gasteiger charge is -2.20. The number of hydrogen-bond donors (Lipinski definition) is 1. The highest BCUT2D eigenvalue weighted by molar-refractivity contribution is 5.94. The minimum atomic E-state index is -0.944. The number of Topliss-reactive ketones (excluding diaryl/α,β-unsaturated/α-hetero) is 1. The number of amides is 1. The van der Waals surface area contributed by atoms with E-state index < -0.39 is 29.3 Å². The van der Waals surface area contributed by atoms with Gasteiger partial charge >= 0.3 is 5.69 Å². The van der Waals surface area contributed by atoms with Crippen molar-refractivity contribution in [2.45, 2.75) is 51.0 Å². The van der Waals surface area contributed by atoms with Gasteiger partial charge in [-0.3, -0.25) is 23.7 Å². The Bertz CT molecular complexity index is 2040. The molecule has 2 heterocycles. The van der Waals surface area contributed by atoms with E-state index in [2.05, 4.69) is 11.1 Å². The number of hydrogen-bond acceptors (Lipinski definition) is 4. The molecule has 0 aliphatic heterocycles. The molecule has 5 aromatic rings. The normalized spacial score (nSPS) is 13.8. The Balaban J connectivity index is 1.39. The van der Waals surface area contributed by atoms with Crippen LogP contribution in [0.5, 0.6) is 0 Å². The fourth-order valence-electron chi connectivity index (χ4n) is 6.33. The fourth-order valence-corrected chi connectivity index (χ4v) is 6.33. The Hall–Kier alpha value is -5.25. The van der Waals surface area contributed by atoms with Crippen LogP contribution in [0.1, 0.15) is 59.6 Å². The Morgan fingerprint density at radius 1 is 0.913 bits per heavy atom. The third kappa shape index (κ3) is 6.28. The number of para-hydroxylation sites is 2. The largest absolute Gasteiger partial charge is 0.366 e. The zero-order valence-corrected chi connectivity index (χ0v) is 24.9. The lowest BCUT2D eigenvalue weighted by Crippen LogP contribution is -2.28. The zero-order chi connectivity index (χ0) is 32.4. The Kier molecular flexibility index (Phi) is 8.70. The zero-order valence-electron chi connectivity index (χ0n) is 24.9. The second-order valence-corrected chi connectivity index (χ2v) is 11.6. The molecule has 3 aromatic carbocycles. The summed E-state index contributed by atoms with van der Waals surface area (Å²) in [6.45, 7) is -0.224. The van der Waals surface area contributed by atoms with Crippen molar-refractivity contribution < 1.29 is 22.8 Å². The Morgan fingerprint density at radius 3 is 2.39 bits per heavy atom. The first-order valence-electron chi connectivity index (χ1n) is 15.1. The van der Waals surface area contributed by atoms with Gasteiger partial charge in [0.05, 0.1) is 28.8 Å². The third-order valence-corrected chi connectivity index (χ3v) is 8.37. The summed E-state index contributed by atoms with van der Waals surface area (Å²) in [5.41, 5.74) is 8.67. The van der Waals surface area contributed by atoms with E-state index in [-0.39, 0.29) is 36.4 Å². The summed E-state index contributed by atoms with van der Waals surface area (Å²) in [4.78, 5) is 44.1. The van der Waals surface area contributed by atoms with Crippen molar-refractivity contribution in [3.63, 3.8) is 0 Å². The third-order valence-electron chi connectivity index (χ3n) is 8.37. The molecule has 0 unspecified atom stereocenters. The molecule has 0 radical (unpaired) electrons. The topological polar surface area (TPSA) is 100.0 Å². The van der Waals surface area contributed by atoms with E-state index in [1.165, 1.54) is 35.0 Å². The van der Waals surface area contributed by atoms with Crippen LogP contribution < -0.4 is 11.4 Å². The summed E-state index contributed by atoms with van der Waals surface area (Å²) in [6.07, 6.45) is 7.18. The highest BCUT2D eigenvalue weighted by Crippen LogP contribution is 2.34. The quantitative estimate of drug-likeness (QED) is 0.185. The van der Waals surface area contributed by atoms with Gasteiger partial charge < -0.3 is 5.73 Å². The molecule has 0 saturated carbocycles. The summed E-state index contributed by atoms with van der Waals surface area (Å²) in [7, 11) is 0. The van der Waals surface area contributed by atoms with Crippen LogP contribution in [-0.4, -0.2) is 25.8 Å². The Morgan fingerprint density at radius 2 is 1.67 bits per heavy atom. The van der Waals surface area contributed by atoms with Crippen LogP contribution in [0, 0.1) is 17.5 Å². The molecule has 1 amide bonds. The molecule has 0 bridgehead atoms. The maximum atomic E-state index is 14.3. The van der Waals surface area contributed by atoms with Gasteiger partial charge in [-0.2, -0.15) is 0 Å². The van der Waals surface area contributed by atoms with Gasteiger partial charge in [0.1, 0.15) is 17.5 Å². The van der Waals surface area contributed by atoms with Crippen LogP contribution in [0.2, 0.25) is 0 Å². The van der Waals surface area contributed by atoms with Gasteiger partial charge in [-0.05, 0) is 85.7 Å². The van der Waals surface area contributed by atoms with Crippen molar-refractivity contribution in [1.29, 1.82) is 0 Å². The number of carbonyl (C=O) groups is 2. The summed E-state index contributed by atoms with van der Waals surface area (Å²) in [5, 5.41) is 0. The number of ketones is 1. The van der Waals surface area contributed by atoms with Crippen molar-refractivity contribution in [2.75, 3.05) is 0 Å². The van der Waals surface area contributed by atoms with Gasteiger partial charge in [-0.15, -0.1) is 0 Å². The number of fused-ring (bicyclic) bond motifs is 1. The van der Waals surface area contributed by atoms with Crippen molar-refractivity contribution >= 4 is 28.4 Å². The van der Waals surface area contributed by atoms with Crippen molar-refractivity contribution in [1.82, 2.24) is 14.1 Å². The molecule has 1 aliphatic rings. The average molecular weight is 625 g/mol. The lowest BCUT2D eigenvalue weighted by atomic mass is 9.86. The minimum Gasteiger partial charge on any atom is -0.366 e. The van der Waals surface area contributed by atoms with E-state index in [1.54, 1.807) is 22.8 Å². The predicted octanol–water partition coefficient (Wildman–Crippen LogP) is 6.78. The molecule has 6 rings (SSSR count). The highest BCUT2D eigenvalue weighted by Gasteiger charge is 2.25. The van der Waals surface area contributed by atoms with E-state index in [0.717, 1.165) is 43.5 Å². The van der Waals surface area contributed by atoms with Gasteiger partial charge in [-0.25, -0.2) is 18.0 Å². The highest BCUT2D eigenvalue weighted by atomic mass is 19.1. The van der Waals surface area contributed by atoms with Crippen LogP contribution in [-0.2, 0) is 17.8 Å². The number of pyridine rings is 1. The molecular weight excluding hydrogens is 593 g/mol. The van der Waals surface area contributed by atoms with Crippen LogP contribution in [0.4, 0.5) is 13.2 Å². The molecule has 46 heavy (non-hydrogen) atoms. The number of aromatic nitrogens is 3. The maximum Gasteiger partial charge on any atom is 0.333 e. The predicted molar refractivity (Wildman–Crippen MR) is 170 cm³/mol. The maximum absolute atomic E-state index is 14.3. The molecular formula is C36H31F3N4O3. The van der Waals surface area contributed by atoms with E-state index in [4.69, 9.17) is 5.73 Å². The molecule has 0 spiro atoms. The molecule has 1 aliphatic carbocycles. The van der Waals surface area contributed by atoms with Gasteiger partial charge in [0, 0.05) is 35.9 Å². The fraction of sp³-hybridized carbons (Fsp3) is 0.222. The number of rotatable bonds is 10. The number of benzene rings is 3. The molecule has 7 nitrogen and oxygen atoms in total. The molecule has 10 heteroatoms. The lowest BCUT2D eigenvalue weighted by molar-refractivity contribution is -0.120. The van der Waals surface area contributed by atoms with Crippen LogP contribution in [0.3, 0.4) is 0 Å². The van der Waals surface area contributed by atoms with E-state index >= 15 is 0 Å². The first-order valence-corrected chi connectivity index (χ1v) is 15.1. The standard InChI is InChI=1S/C36H31F3N4O3/c37-25-16-22(17-26(38)20-25)15-24(34-29(9-6-14-41-34)23-12-13-31(39)30(19-23)35(40)45)18-28(44)21-42-32-10-4-5-11-33(32)43(36(42)46)27-7-2-1-3-8-27/h4-7,9-14,16-17,19-20,24H,1-3,8,15,18,21H2,(H2,40,45)/t24-/m1/s1. The summed E-state index contributed by atoms with van der Waals surface area (Å²) in [5.74, 6) is -4.24. The summed E-state index contributed by atoms with van der Waals surface area (Å²) >= 11 is 0. The van der Waals surface area contributed by atoms with Gasteiger partial charge in [0.15, 0.2) is 5.78 Å². The second kappa shape index (κ2) is 13.0. The molecule has 2 N–H and O–H groups in total. The molecule has 234 valence electrons. The first kappa shape index (κ1) is 30.8. The number of halogens is 3. The smallest absolute Gasteiger partial charge is 0.333 e. The number of primary amides is 1. The van der Waals surface area contributed by atoms with Crippen LogP contribution in [0.25, 0.3) is 27.9 Å². The molecule has 1 atom stereocenters. The monoisotopic (exact) mass is 624 g/mol. The molecule has 0 saturated heterocycles. The second-order valence-electron chi connectivity index (χ2n) is 11.6. The van der Waals surface area contributed by atoms with Crippen LogP contribution >= 0.6 is 0 Å². The average Bonchev–Trinajstić information content (AvgIpc) is 3.31. The van der Waals surface area contributed by atoms with Crippen molar-refractivity contribution in [3.05, 3.63) is 130 Å². The van der Waals surface area contributed by atoms with E-state index in [1.807, 2.05) is 18.2 Å². The number of nitrogens with zero attached hydrogens (tertiary/aromatic N) is 3. The van der Waals surface area contributed by atoms with Crippen molar-refractivity contribution in [3.8, 4) is 11.1 Å². The first-order chi connectivity index (χ1) is 22.2. The van der Waals surface area contributed by atoms with Gasteiger partial charge in [0.25, 0.3) is 5.91 Å². The van der Waals surface area contributed by atoms with Gasteiger partial charge in [-0.1, -0.05) is 30.3 Å². The summed E-state index contributed by atoms with van der Waals surface area (Å²) in [6, 6.07) is 17.8. The van der Waals surface area contributed by atoms with Crippen LogP contribution in [0.15, 0.2) is 89.9 Å². The van der Waals surface area contributed by atoms with E-state index in [0.29, 0.717) is 33.4 Å².